The molecule has 3 aromatic rings. The second-order valence-corrected chi connectivity index (χ2v) is 3.96. The number of nitrogens with one attached hydrogen (secondary N) is 1. The number of aromatic nitrogens is 2. The number of aromatic amines is 1. The molecule has 2 heteroatoms. The van der Waals surface area contributed by atoms with Crippen molar-refractivity contribution in [2.24, 2.45) is 0 Å². The summed E-state index contributed by atoms with van der Waals surface area (Å²) in [5.41, 5.74) is 4.72. The van der Waals surface area contributed by atoms with Gasteiger partial charge in [0.2, 0.25) is 0 Å². The average Bonchev–Trinajstić information content (AvgIpc) is 2.76. The minimum atomic E-state index is 1.12. The number of rotatable bonds is 1. The predicted molar refractivity (Wildman–Crippen MR) is 66.3 cm³/mol. The van der Waals surface area contributed by atoms with Crippen LogP contribution >= 0.6 is 0 Å². The summed E-state index contributed by atoms with van der Waals surface area (Å²) in [6, 6.07) is 12.5. The lowest BCUT2D eigenvalue weighted by Crippen LogP contribution is -1.77. The van der Waals surface area contributed by atoms with Gasteiger partial charge >= 0.3 is 0 Å². The first-order valence-corrected chi connectivity index (χ1v) is 5.33. The molecule has 2 heterocycles. The number of hydrogen-bond donors (Lipinski definition) is 1. The third-order valence-corrected chi connectivity index (χ3v) is 2.85. The van der Waals surface area contributed by atoms with Gasteiger partial charge in [-0.05, 0) is 36.8 Å². The van der Waals surface area contributed by atoms with Crippen LogP contribution in [-0.2, 0) is 0 Å². The zero-order valence-electron chi connectivity index (χ0n) is 9.07. The van der Waals surface area contributed by atoms with Gasteiger partial charge in [-0.3, -0.25) is 4.98 Å². The Bertz CT molecular complexity index is 624. The van der Waals surface area contributed by atoms with E-state index in [1.807, 2.05) is 12.3 Å². The van der Waals surface area contributed by atoms with Crippen LogP contribution in [0.4, 0.5) is 0 Å². The third-order valence-electron chi connectivity index (χ3n) is 2.85. The van der Waals surface area contributed by atoms with Crippen LogP contribution in [0.3, 0.4) is 0 Å². The van der Waals surface area contributed by atoms with Gasteiger partial charge in [-0.1, -0.05) is 12.1 Å². The molecule has 16 heavy (non-hydrogen) atoms. The summed E-state index contributed by atoms with van der Waals surface area (Å²) in [6.45, 7) is 2.13. The molecule has 2 nitrogen and oxygen atoms in total. The Morgan fingerprint density at radius 3 is 2.81 bits per heavy atom. The van der Waals surface area contributed by atoms with Crippen molar-refractivity contribution < 1.29 is 0 Å². The molecule has 2 aromatic heterocycles. The first-order valence-electron chi connectivity index (χ1n) is 5.33. The van der Waals surface area contributed by atoms with Crippen LogP contribution < -0.4 is 0 Å². The first-order chi connectivity index (χ1) is 7.84. The lowest BCUT2D eigenvalue weighted by atomic mass is 10.1. The quantitative estimate of drug-likeness (QED) is 0.651. The van der Waals surface area contributed by atoms with Crippen LogP contribution in [0.2, 0.25) is 0 Å². The maximum Gasteiger partial charge on any atom is 0.0480 e. The van der Waals surface area contributed by atoms with Crippen molar-refractivity contribution >= 4 is 10.9 Å². The number of H-pyrrole nitrogens is 1. The Morgan fingerprint density at radius 1 is 1.12 bits per heavy atom. The van der Waals surface area contributed by atoms with Gasteiger partial charge in [0.15, 0.2) is 0 Å². The largest absolute Gasteiger partial charge is 0.354 e. The molecule has 1 aromatic carbocycles. The van der Waals surface area contributed by atoms with Crippen molar-refractivity contribution in [1.29, 1.82) is 0 Å². The molecule has 0 bridgehead atoms. The van der Waals surface area contributed by atoms with Crippen molar-refractivity contribution in [3.05, 3.63) is 54.4 Å². The smallest absolute Gasteiger partial charge is 0.0480 e. The highest BCUT2D eigenvalue weighted by molar-refractivity contribution is 5.88. The maximum absolute atomic E-state index is 4.13. The van der Waals surface area contributed by atoms with Crippen molar-refractivity contribution in [1.82, 2.24) is 9.97 Å². The molecule has 78 valence electrons. The highest BCUT2D eigenvalue weighted by Crippen LogP contribution is 2.25. The van der Waals surface area contributed by atoms with Crippen LogP contribution in [0.1, 0.15) is 5.56 Å². The molecule has 0 spiro atoms. The molecular formula is C14H12N2. The van der Waals surface area contributed by atoms with Crippen LogP contribution in [0, 0.1) is 6.92 Å². The fraction of sp³-hybridized carbons (Fsp3) is 0.0714. The van der Waals surface area contributed by atoms with Crippen molar-refractivity contribution in [3.63, 3.8) is 0 Å². The van der Waals surface area contributed by atoms with E-state index in [-0.39, 0.29) is 0 Å². The second kappa shape index (κ2) is 3.49. The van der Waals surface area contributed by atoms with Gasteiger partial charge < -0.3 is 4.98 Å². The van der Waals surface area contributed by atoms with Crippen LogP contribution in [0.15, 0.2) is 48.8 Å². The van der Waals surface area contributed by atoms with E-state index in [1.54, 1.807) is 6.20 Å². The molecule has 3 rings (SSSR count). The molecule has 1 N–H and O–H groups in total. The van der Waals surface area contributed by atoms with Gasteiger partial charge in [-0.2, -0.15) is 0 Å². The lowest BCUT2D eigenvalue weighted by Gasteiger charge is -1.94. The van der Waals surface area contributed by atoms with Crippen molar-refractivity contribution in [2.75, 3.05) is 0 Å². The summed E-state index contributed by atoms with van der Waals surface area (Å²) in [4.78, 5) is 7.55. The molecule has 0 saturated carbocycles. The Hall–Kier alpha value is -2.09. The third kappa shape index (κ3) is 1.39. The van der Waals surface area contributed by atoms with Crippen LogP contribution in [0.25, 0.3) is 22.2 Å². The summed E-state index contributed by atoms with van der Waals surface area (Å²) in [5, 5.41) is 1.28. The SMILES string of the molecule is Cc1cccc2[nH]c(-c3cccnc3)cc12. The minimum Gasteiger partial charge on any atom is -0.354 e. The summed E-state index contributed by atoms with van der Waals surface area (Å²) in [6.07, 6.45) is 3.66. The Morgan fingerprint density at radius 2 is 2.06 bits per heavy atom. The number of hydrogen-bond acceptors (Lipinski definition) is 1. The van der Waals surface area contributed by atoms with E-state index in [1.165, 1.54) is 16.5 Å². The van der Waals surface area contributed by atoms with E-state index < -0.39 is 0 Å². The number of pyridine rings is 1. The number of benzene rings is 1. The van der Waals surface area contributed by atoms with Crippen LogP contribution in [-0.4, -0.2) is 9.97 Å². The first kappa shape index (κ1) is 9.16. The van der Waals surface area contributed by atoms with E-state index in [9.17, 15) is 0 Å². The van der Waals surface area contributed by atoms with Gasteiger partial charge in [0.05, 0.1) is 0 Å². The van der Waals surface area contributed by atoms with Gasteiger partial charge in [0.25, 0.3) is 0 Å². The fourth-order valence-corrected chi connectivity index (χ4v) is 1.98. The van der Waals surface area contributed by atoms with Gasteiger partial charge in [-0.25, -0.2) is 0 Å². The monoisotopic (exact) mass is 208 g/mol. The number of nitrogens with zero attached hydrogens (tertiary/aromatic N) is 1. The standard InChI is InChI=1S/C14H12N2/c1-10-4-2-6-13-12(10)8-14(16-13)11-5-3-7-15-9-11/h2-9,16H,1H3. The molecule has 0 amide bonds. The number of aryl methyl sites for hydroxylation is 1. The highest BCUT2D eigenvalue weighted by atomic mass is 14.7. The van der Waals surface area contributed by atoms with E-state index >= 15 is 0 Å². The van der Waals surface area contributed by atoms with Crippen LogP contribution in [0.5, 0.6) is 0 Å². The highest BCUT2D eigenvalue weighted by Gasteiger charge is 2.04. The fourth-order valence-electron chi connectivity index (χ4n) is 1.98. The molecule has 0 radical (unpaired) electrons. The van der Waals surface area contributed by atoms with E-state index in [0.29, 0.717) is 0 Å². The molecule has 0 aliphatic heterocycles. The number of fused-ring (bicyclic) bond motifs is 1. The molecule has 0 aliphatic carbocycles. The Kier molecular flexibility index (Phi) is 2.00. The zero-order valence-corrected chi connectivity index (χ0v) is 9.07. The van der Waals surface area contributed by atoms with E-state index in [2.05, 4.69) is 47.2 Å². The Labute approximate surface area is 94.0 Å². The summed E-state index contributed by atoms with van der Waals surface area (Å²) in [5.74, 6) is 0. The minimum absolute atomic E-state index is 1.12. The maximum atomic E-state index is 4.13. The Balaban J connectivity index is 2.23. The normalized spacial score (nSPS) is 10.8. The molecule has 0 saturated heterocycles. The van der Waals surface area contributed by atoms with Gasteiger partial charge in [0, 0.05) is 34.6 Å². The summed E-state index contributed by atoms with van der Waals surface area (Å²) >= 11 is 0. The topological polar surface area (TPSA) is 28.7 Å². The lowest BCUT2D eigenvalue weighted by molar-refractivity contribution is 1.31. The molecule has 0 aliphatic rings. The second-order valence-electron chi connectivity index (χ2n) is 3.96. The van der Waals surface area contributed by atoms with Crippen molar-refractivity contribution in [3.8, 4) is 11.3 Å². The summed E-state index contributed by atoms with van der Waals surface area (Å²) in [7, 11) is 0. The summed E-state index contributed by atoms with van der Waals surface area (Å²) < 4.78 is 0. The predicted octanol–water partition coefficient (Wildman–Crippen LogP) is 3.54. The molecular weight excluding hydrogens is 196 g/mol. The van der Waals surface area contributed by atoms with E-state index in [4.69, 9.17) is 0 Å². The molecule has 0 unspecified atom stereocenters. The molecule has 0 atom stereocenters. The molecule has 0 fully saturated rings. The zero-order chi connectivity index (χ0) is 11.0. The van der Waals surface area contributed by atoms with E-state index in [0.717, 1.165) is 11.3 Å². The van der Waals surface area contributed by atoms with Gasteiger partial charge in [0.1, 0.15) is 0 Å². The van der Waals surface area contributed by atoms with Gasteiger partial charge in [-0.15, -0.1) is 0 Å². The average molecular weight is 208 g/mol. The van der Waals surface area contributed by atoms with Crippen molar-refractivity contribution in [2.45, 2.75) is 6.92 Å².